The average molecular weight is 392 g/mol. The standard InChI is InChI=1S/C19H24N2O5S/c1-13(2)14(3)21-18(22)12-26-19(23)11-20-27(24,25)17-9-8-15-6-4-5-7-16(15)10-17/h4-10,13-14,20H,11-12H2,1-3H3,(H,21,22)/t14-/m0/s1. The maximum atomic E-state index is 12.3. The fourth-order valence-electron chi connectivity index (χ4n) is 2.23. The van der Waals surface area contributed by atoms with Crippen molar-refractivity contribution in [2.75, 3.05) is 13.2 Å². The highest BCUT2D eigenvalue weighted by molar-refractivity contribution is 7.89. The zero-order valence-corrected chi connectivity index (χ0v) is 16.4. The zero-order valence-electron chi connectivity index (χ0n) is 15.6. The van der Waals surface area contributed by atoms with Crippen LogP contribution in [0.4, 0.5) is 0 Å². The quantitative estimate of drug-likeness (QED) is 0.668. The molecule has 0 radical (unpaired) electrons. The van der Waals surface area contributed by atoms with E-state index in [1.54, 1.807) is 12.1 Å². The topological polar surface area (TPSA) is 102 Å². The van der Waals surface area contributed by atoms with Gasteiger partial charge in [-0.15, -0.1) is 0 Å². The Hall–Kier alpha value is -2.45. The fraction of sp³-hybridized carbons (Fsp3) is 0.368. The molecule has 0 aliphatic carbocycles. The molecule has 7 nitrogen and oxygen atoms in total. The van der Waals surface area contributed by atoms with Crippen LogP contribution in [0.3, 0.4) is 0 Å². The number of sulfonamides is 1. The van der Waals surface area contributed by atoms with Gasteiger partial charge in [0, 0.05) is 6.04 Å². The summed E-state index contributed by atoms with van der Waals surface area (Å²) in [6.07, 6.45) is 0. The van der Waals surface area contributed by atoms with Crippen molar-refractivity contribution >= 4 is 32.7 Å². The molecule has 0 unspecified atom stereocenters. The lowest BCUT2D eigenvalue weighted by molar-refractivity contribution is -0.147. The molecule has 2 aromatic rings. The number of hydrogen-bond acceptors (Lipinski definition) is 5. The summed E-state index contributed by atoms with van der Waals surface area (Å²) in [6.45, 7) is 4.76. The van der Waals surface area contributed by atoms with Crippen molar-refractivity contribution < 1.29 is 22.7 Å². The fourth-order valence-corrected chi connectivity index (χ4v) is 3.24. The van der Waals surface area contributed by atoms with Crippen LogP contribution < -0.4 is 10.0 Å². The van der Waals surface area contributed by atoms with E-state index in [1.165, 1.54) is 12.1 Å². The molecule has 0 fully saturated rings. The van der Waals surface area contributed by atoms with Crippen molar-refractivity contribution in [1.82, 2.24) is 10.0 Å². The second-order valence-electron chi connectivity index (χ2n) is 6.59. The average Bonchev–Trinajstić information content (AvgIpc) is 2.64. The number of amides is 1. The number of rotatable bonds is 8. The molecule has 0 bridgehead atoms. The van der Waals surface area contributed by atoms with Gasteiger partial charge in [0.25, 0.3) is 5.91 Å². The van der Waals surface area contributed by atoms with E-state index in [0.717, 1.165) is 10.8 Å². The molecule has 146 valence electrons. The summed E-state index contributed by atoms with van der Waals surface area (Å²) in [6, 6.07) is 12.0. The molecule has 0 aromatic heterocycles. The van der Waals surface area contributed by atoms with Crippen LogP contribution in [-0.4, -0.2) is 39.5 Å². The summed E-state index contributed by atoms with van der Waals surface area (Å²) in [5.41, 5.74) is 0. The van der Waals surface area contributed by atoms with Crippen LogP contribution in [0.25, 0.3) is 10.8 Å². The smallest absolute Gasteiger partial charge is 0.321 e. The highest BCUT2D eigenvalue weighted by Gasteiger charge is 2.18. The molecule has 0 aliphatic heterocycles. The molecule has 2 aromatic carbocycles. The van der Waals surface area contributed by atoms with Crippen LogP contribution in [0.2, 0.25) is 0 Å². The molecule has 2 N–H and O–H groups in total. The Balaban J connectivity index is 1.88. The highest BCUT2D eigenvalue weighted by atomic mass is 32.2. The maximum Gasteiger partial charge on any atom is 0.321 e. The van der Waals surface area contributed by atoms with Gasteiger partial charge in [-0.05, 0) is 35.7 Å². The van der Waals surface area contributed by atoms with Gasteiger partial charge in [-0.25, -0.2) is 8.42 Å². The highest BCUT2D eigenvalue weighted by Crippen LogP contribution is 2.18. The van der Waals surface area contributed by atoms with E-state index in [2.05, 4.69) is 10.0 Å². The second kappa shape index (κ2) is 8.96. The summed E-state index contributed by atoms with van der Waals surface area (Å²) < 4.78 is 31.7. The number of carbonyl (C=O) groups is 2. The minimum absolute atomic E-state index is 0.0531. The zero-order chi connectivity index (χ0) is 20.0. The van der Waals surface area contributed by atoms with Crippen molar-refractivity contribution in [3.8, 4) is 0 Å². The second-order valence-corrected chi connectivity index (χ2v) is 8.36. The van der Waals surface area contributed by atoms with Gasteiger partial charge >= 0.3 is 5.97 Å². The largest absolute Gasteiger partial charge is 0.455 e. The molecular formula is C19H24N2O5S. The first-order valence-corrected chi connectivity index (χ1v) is 10.1. The third kappa shape index (κ3) is 6.04. The number of nitrogens with one attached hydrogen (secondary N) is 2. The molecule has 0 aliphatic rings. The van der Waals surface area contributed by atoms with Crippen molar-refractivity contribution in [1.29, 1.82) is 0 Å². The molecular weight excluding hydrogens is 368 g/mol. The molecule has 1 amide bonds. The Labute approximate surface area is 159 Å². The molecule has 0 spiro atoms. The lowest BCUT2D eigenvalue weighted by Gasteiger charge is -2.17. The first kappa shape index (κ1) is 20.9. The van der Waals surface area contributed by atoms with E-state index in [0.29, 0.717) is 0 Å². The van der Waals surface area contributed by atoms with Crippen LogP contribution in [0, 0.1) is 5.92 Å². The Kier molecular flexibility index (Phi) is 6.92. The van der Waals surface area contributed by atoms with E-state index in [4.69, 9.17) is 4.74 Å². The summed E-state index contributed by atoms with van der Waals surface area (Å²) >= 11 is 0. The predicted molar refractivity (Wildman–Crippen MR) is 103 cm³/mol. The number of benzene rings is 2. The molecule has 0 heterocycles. The SMILES string of the molecule is CC(C)[C@H](C)NC(=O)COC(=O)CNS(=O)(=O)c1ccc2ccccc2c1. The Morgan fingerprint density at radius 2 is 1.70 bits per heavy atom. The van der Waals surface area contributed by atoms with E-state index >= 15 is 0 Å². The molecule has 27 heavy (non-hydrogen) atoms. The van der Waals surface area contributed by atoms with Gasteiger partial charge in [-0.1, -0.05) is 44.2 Å². The third-order valence-electron chi connectivity index (χ3n) is 4.19. The number of fused-ring (bicyclic) bond motifs is 1. The molecule has 0 saturated heterocycles. The van der Waals surface area contributed by atoms with Crippen LogP contribution in [0.1, 0.15) is 20.8 Å². The minimum Gasteiger partial charge on any atom is -0.455 e. The van der Waals surface area contributed by atoms with E-state index in [9.17, 15) is 18.0 Å². The summed E-state index contributed by atoms with van der Waals surface area (Å²) in [4.78, 5) is 23.5. The van der Waals surface area contributed by atoms with Crippen LogP contribution in [-0.2, 0) is 24.3 Å². The van der Waals surface area contributed by atoms with Gasteiger partial charge in [0.1, 0.15) is 6.54 Å². The van der Waals surface area contributed by atoms with Crippen molar-refractivity contribution in [2.45, 2.75) is 31.7 Å². The molecule has 1 atom stereocenters. The first-order valence-electron chi connectivity index (χ1n) is 8.62. The van der Waals surface area contributed by atoms with Gasteiger partial charge in [0.2, 0.25) is 10.0 Å². The third-order valence-corrected chi connectivity index (χ3v) is 5.59. The normalized spacial score (nSPS) is 12.7. The van der Waals surface area contributed by atoms with Crippen LogP contribution >= 0.6 is 0 Å². The maximum absolute atomic E-state index is 12.3. The van der Waals surface area contributed by atoms with Gasteiger partial charge in [0.05, 0.1) is 4.90 Å². The van der Waals surface area contributed by atoms with Crippen molar-refractivity contribution in [3.63, 3.8) is 0 Å². The lowest BCUT2D eigenvalue weighted by Crippen LogP contribution is -2.39. The van der Waals surface area contributed by atoms with Crippen molar-refractivity contribution in [2.24, 2.45) is 5.92 Å². The summed E-state index contributed by atoms with van der Waals surface area (Å²) in [5.74, 6) is -1.01. The molecule has 0 saturated carbocycles. The monoisotopic (exact) mass is 392 g/mol. The number of carbonyl (C=O) groups excluding carboxylic acids is 2. The van der Waals surface area contributed by atoms with Crippen molar-refractivity contribution in [3.05, 3.63) is 42.5 Å². The van der Waals surface area contributed by atoms with E-state index in [-0.39, 0.29) is 16.9 Å². The molecule has 8 heteroatoms. The summed E-state index contributed by atoms with van der Waals surface area (Å²) in [5, 5.41) is 4.39. The van der Waals surface area contributed by atoms with Gasteiger partial charge in [-0.3, -0.25) is 9.59 Å². The predicted octanol–water partition coefficient (Wildman–Crippen LogP) is 1.82. The van der Waals surface area contributed by atoms with Gasteiger partial charge in [0.15, 0.2) is 6.61 Å². The summed E-state index contributed by atoms with van der Waals surface area (Å²) in [7, 11) is -3.87. The van der Waals surface area contributed by atoms with Crippen LogP contribution in [0.5, 0.6) is 0 Å². The van der Waals surface area contributed by atoms with E-state index in [1.807, 2.05) is 39.0 Å². The Bertz CT molecular complexity index is 925. The van der Waals surface area contributed by atoms with Gasteiger partial charge in [-0.2, -0.15) is 4.72 Å². The van der Waals surface area contributed by atoms with E-state index < -0.39 is 35.1 Å². The Morgan fingerprint density at radius 1 is 1.04 bits per heavy atom. The number of hydrogen-bond donors (Lipinski definition) is 2. The Morgan fingerprint density at radius 3 is 2.37 bits per heavy atom. The lowest BCUT2D eigenvalue weighted by atomic mass is 10.1. The minimum atomic E-state index is -3.87. The van der Waals surface area contributed by atoms with Crippen LogP contribution in [0.15, 0.2) is 47.4 Å². The molecule has 2 rings (SSSR count). The number of esters is 1. The van der Waals surface area contributed by atoms with Gasteiger partial charge < -0.3 is 10.1 Å². The number of ether oxygens (including phenoxy) is 1. The first-order chi connectivity index (χ1) is 12.7.